The first kappa shape index (κ1) is 12.6. The molecule has 0 radical (unpaired) electrons. The van der Waals surface area contributed by atoms with Gasteiger partial charge in [0.15, 0.2) is 0 Å². The lowest BCUT2D eigenvalue weighted by molar-refractivity contribution is 0.439. The van der Waals surface area contributed by atoms with E-state index in [2.05, 4.69) is 59.1 Å². The van der Waals surface area contributed by atoms with Crippen LogP contribution in [-0.2, 0) is 0 Å². The van der Waals surface area contributed by atoms with E-state index < -0.39 is 0 Å². The van der Waals surface area contributed by atoms with E-state index in [4.69, 9.17) is 0 Å². The second-order valence-electron chi connectivity index (χ2n) is 6.36. The molecule has 1 heteroatoms. The Labute approximate surface area is 106 Å². The Kier molecular flexibility index (Phi) is 3.07. The van der Waals surface area contributed by atoms with Gasteiger partial charge in [0.05, 0.1) is 0 Å². The third-order valence-corrected chi connectivity index (χ3v) is 4.52. The lowest BCUT2D eigenvalue weighted by atomic mass is 9.91. The average Bonchev–Trinajstić information content (AvgIpc) is 2.84. The molecule has 1 nitrogen and oxygen atoms in total. The largest absolute Gasteiger partial charge is 0.313 e. The molecule has 1 N–H and O–H groups in total. The number of benzene rings is 1. The molecule has 0 amide bonds. The van der Waals surface area contributed by atoms with Gasteiger partial charge >= 0.3 is 0 Å². The van der Waals surface area contributed by atoms with Gasteiger partial charge in [-0.25, -0.2) is 0 Å². The number of nitrogens with one attached hydrogen (secondary N) is 1. The van der Waals surface area contributed by atoms with Crippen molar-refractivity contribution in [2.24, 2.45) is 11.3 Å². The molecule has 1 fully saturated rings. The van der Waals surface area contributed by atoms with Gasteiger partial charge in [-0.1, -0.05) is 26.0 Å². The summed E-state index contributed by atoms with van der Waals surface area (Å²) in [5, 5.41) is 3.52. The van der Waals surface area contributed by atoms with Crippen LogP contribution < -0.4 is 5.32 Å². The highest BCUT2D eigenvalue weighted by Crippen LogP contribution is 2.57. The van der Waals surface area contributed by atoms with E-state index in [1.165, 1.54) is 28.7 Å². The predicted octanol–water partition coefficient (Wildman–Crippen LogP) is 3.92. The summed E-state index contributed by atoms with van der Waals surface area (Å²) in [6.07, 6.45) is 1.34. The van der Waals surface area contributed by atoms with Gasteiger partial charge in [0, 0.05) is 6.04 Å². The van der Waals surface area contributed by atoms with Crippen LogP contribution in [0.3, 0.4) is 0 Å². The molecular formula is C16H25N. The Bertz CT molecular complexity index is 431. The molecule has 0 saturated heterocycles. The highest BCUT2D eigenvalue weighted by Gasteiger charge is 2.50. The van der Waals surface area contributed by atoms with Gasteiger partial charge in [-0.3, -0.25) is 0 Å². The van der Waals surface area contributed by atoms with E-state index in [1.54, 1.807) is 0 Å². The number of rotatable bonds is 3. The molecule has 0 aliphatic heterocycles. The first-order valence-corrected chi connectivity index (χ1v) is 6.62. The normalized spacial score (nSPS) is 23.5. The zero-order valence-electron chi connectivity index (χ0n) is 12.0. The van der Waals surface area contributed by atoms with E-state index in [0.717, 1.165) is 5.92 Å². The van der Waals surface area contributed by atoms with Gasteiger partial charge in [-0.05, 0) is 67.8 Å². The molecule has 1 aromatic carbocycles. The lowest BCUT2D eigenvalue weighted by Gasteiger charge is -2.22. The standard InChI is InChI=1S/C16H25N/c1-10-7-12(3)13(8-11(10)2)15(17-6)14-9-16(14,4)5/h7-8,14-15,17H,9H2,1-6H3. The molecule has 1 aromatic rings. The van der Waals surface area contributed by atoms with Crippen LogP contribution in [0, 0.1) is 32.1 Å². The molecule has 0 bridgehead atoms. The summed E-state index contributed by atoms with van der Waals surface area (Å²) in [7, 11) is 2.09. The zero-order chi connectivity index (χ0) is 12.8. The first-order chi connectivity index (χ1) is 7.86. The molecule has 2 unspecified atom stereocenters. The Morgan fingerprint density at radius 3 is 2.12 bits per heavy atom. The summed E-state index contributed by atoms with van der Waals surface area (Å²) >= 11 is 0. The van der Waals surface area contributed by atoms with Crippen LogP contribution in [0.15, 0.2) is 12.1 Å². The van der Waals surface area contributed by atoms with E-state index in [9.17, 15) is 0 Å². The Balaban J connectivity index is 2.35. The van der Waals surface area contributed by atoms with Crippen molar-refractivity contribution in [3.8, 4) is 0 Å². The quantitative estimate of drug-likeness (QED) is 0.831. The number of hydrogen-bond donors (Lipinski definition) is 1. The zero-order valence-corrected chi connectivity index (χ0v) is 12.0. The van der Waals surface area contributed by atoms with Crippen molar-refractivity contribution >= 4 is 0 Å². The minimum Gasteiger partial charge on any atom is -0.313 e. The third kappa shape index (κ3) is 2.26. The molecule has 0 spiro atoms. The molecule has 2 atom stereocenters. The average molecular weight is 231 g/mol. The van der Waals surface area contributed by atoms with E-state index in [0.29, 0.717) is 11.5 Å². The van der Waals surface area contributed by atoms with Crippen LogP contribution >= 0.6 is 0 Å². The molecule has 1 aliphatic rings. The SMILES string of the molecule is CNC(c1cc(C)c(C)cc1C)C1CC1(C)C. The summed E-state index contributed by atoms with van der Waals surface area (Å²) in [6.45, 7) is 11.4. The van der Waals surface area contributed by atoms with E-state index in [1.807, 2.05) is 0 Å². The van der Waals surface area contributed by atoms with Crippen LogP contribution in [0.1, 0.15) is 48.6 Å². The van der Waals surface area contributed by atoms with Crippen LogP contribution in [0.5, 0.6) is 0 Å². The van der Waals surface area contributed by atoms with Crippen molar-refractivity contribution < 1.29 is 0 Å². The second-order valence-corrected chi connectivity index (χ2v) is 6.36. The highest BCUT2D eigenvalue weighted by atomic mass is 14.9. The molecule has 94 valence electrons. The lowest BCUT2D eigenvalue weighted by Crippen LogP contribution is -2.21. The maximum atomic E-state index is 3.52. The predicted molar refractivity (Wildman–Crippen MR) is 74.3 cm³/mol. The molecular weight excluding hydrogens is 206 g/mol. The van der Waals surface area contributed by atoms with Crippen LogP contribution in [0.2, 0.25) is 0 Å². The summed E-state index contributed by atoms with van der Waals surface area (Å²) in [5.41, 5.74) is 6.24. The van der Waals surface area contributed by atoms with E-state index in [-0.39, 0.29) is 0 Å². The molecule has 1 aliphatic carbocycles. The number of hydrogen-bond acceptors (Lipinski definition) is 1. The van der Waals surface area contributed by atoms with Gasteiger partial charge in [0.1, 0.15) is 0 Å². The third-order valence-electron chi connectivity index (χ3n) is 4.52. The maximum absolute atomic E-state index is 3.52. The minimum atomic E-state index is 0.513. The summed E-state index contributed by atoms with van der Waals surface area (Å²) in [4.78, 5) is 0. The first-order valence-electron chi connectivity index (χ1n) is 6.62. The van der Waals surface area contributed by atoms with Crippen LogP contribution in [0.25, 0.3) is 0 Å². The van der Waals surface area contributed by atoms with Crippen molar-refractivity contribution in [3.63, 3.8) is 0 Å². The molecule has 2 rings (SSSR count). The Morgan fingerprint density at radius 2 is 1.65 bits per heavy atom. The second kappa shape index (κ2) is 4.13. The molecule has 17 heavy (non-hydrogen) atoms. The van der Waals surface area contributed by atoms with Crippen molar-refractivity contribution in [1.82, 2.24) is 5.32 Å². The van der Waals surface area contributed by atoms with Crippen molar-refractivity contribution in [2.45, 2.75) is 47.1 Å². The van der Waals surface area contributed by atoms with E-state index >= 15 is 0 Å². The maximum Gasteiger partial charge on any atom is 0.0354 e. The molecule has 0 heterocycles. The molecule has 0 aromatic heterocycles. The van der Waals surface area contributed by atoms with Crippen LogP contribution in [0.4, 0.5) is 0 Å². The van der Waals surface area contributed by atoms with Crippen molar-refractivity contribution in [3.05, 3.63) is 34.4 Å². The van der Waals surface area contributed by atoms with Gasteiger partial charge < -0.3 is 5.32 Å². The Hall–Kier alpha value is -0.820. The summed E-state index contributed by atoms with van der Waals surface area (Å²) < 4.78 is 0. The fourth-order valence-electron chi connectivity index (χ4n) is 2.97. The minimum absolute atomic E-state index is 0.513. The van der Waals surface area contributed by atoms with Crippen molar-refractivity contribution in [1.29, 1.82) is 0 Å². The van der Waals surface area contributed by atoms with Gasteiger partial charge in [0.2, 0.25) is 0 Å². The van der Waals surface area contributed by atoms with Gasteiger partial charge in [0.25, 0.3) is 0 Å². The topological polar surface area (TPSA) is 12.0 Å². The van der Waals surface area contributed by atoms with Gasteiger partial charge in [-0.2, -0.15) is 0 Å². The van der Waals surface area contributed by atoms with Gasteiger partial charge in [-0.15, -0.1) is 0 Å². The monoisotopic (exact) mass is 231 g/mol. The fraction of sp³-hybridized carbons (Fsp3) is 0.625. The molecule has 1 saturated carbocycles. The van der Waals surface area contributed by atoms with Crippen LogP contribution in [-0.4, -0.2) is 7.05 Å². The summed E-state index contributed by atoms with van der Waals surface area (Å²) in [5.74, 6) is 0.785. The Morgan fingerprint density at radius 1 is 1.12 bits per heavy atom. The highest BCUT2D eigenvalue weighted by molar-refractivity contribution is 5.39. The smallest absolute Gasteiger partial charge is 0.0354 e. The number of aryl methyl sites for hydroxylation is 3. The summed E-state index contributed by atoms with van der Waals surface area (Å²) in [6, 6.07) is 5.22. The fourth-order valence-corrected chi connectivity index (χ4v) is 2.97. The van der Waals surface area contributed by atoms with Crippen molar-refractivity contribution in [2.75, 3.05) is 7.05 Å².